The Morgan fingerprint density at radius 1 is 1.24 bits per heavy atom. The number of ether oxygens (including phenoxy) is 2. The molecule has 0 saturated carbocycles. The van der Waals surface area contributed by atoms with Gasteiger partial charge in [-0.15, -0.1) is 0 Å². The Bertz CT molecular complexity index is 473. The summed E-state index contributed by atoms with van der Waals surface area (Å²) in [5.41, 5.74) is 0.264. The largest absolute Gasteiger partial charge is 0.494 e. The van der Waals surface area contributed by atoms with Crippen LogP contribution in [0.15, 0.2) is 18.2 Å². The molecule has 96 valence electrons. The van der Waals surface area contributed by atoms with Crippen LogP contribution in [0.4, 0.5) is 5.69 Å². The van der Waals surface area contributed by atoms with Crippen LogP contribution in [0.2, 0.25) is 0 Å². The van der Waals surface area contributed by atoms with E-state index in [1.165, 1.54) is 6.07 Å². The van der Waals surface area contributed by atoms with Gasteiger partial charge in [-0.2, -0.15) is 8.42 Å². The molecule has 3 N–H and O–H groups in total. The molecular weight excluding hydrogens is 244 g/mol. The summed E-state index contributed by atoms with van der Waals surface area (Å²) < 4.78 is 34.7. The van der Waals surface area contributed by atoms with E-state index < -0.39 is 10.2 Å². The third-order valence-electron chi connectivity index (χ3n) is 1.81. The molecule has 1 aromatic rings. The highest BCUT2D eigenvalue weighted by atomic mass is 32.2. The summed E-state index contributed by atoms with van der Waals surface area (Å²) in [6, 6.07) is 4.85. The molecule has 0 aliphatic carbocycles. The van der Waals surface area contributed by atoms with Gasteiger partial charge in [0, 0.05) is 6.07 Å². The molecule has 1 aromatic carbocycles. The van der Waals surface area contributed by atoms with Crippen LogP contribution in [-0.4, -0.2) is 21.6 Å². The average molecular weight is 260 g/mol. The highest BCUT2D eigenvalue weighted by molar-refractivity contribution is 7.90. The molecule has 7 heteroatoms. The topological polar surface area (TPSA) is 90.7 Å². The zero-order chi connectivity index (χ0) is 12.9. The quantitative estimate of drug-likeness (QED) is 0.801. The second-order valence-corrected chi connectivity index (χ2v) is 4.47. The van der Waals surface area contributed by atoms with Crippen molar-refractivity contribution < 1.29 is 17.9 Å². The molecular formula is C10H16N2O4S. The Balaban J connectivity index is 3.06. The second kappa shape index (κ2) is 5.74. The zero-order valence-electron chi connectivity index (χ0n) is 9.76. The van der Waals surface area contributed by atoms with Crippen LogP contribution < -0.4 is 19.3 Å². The second-order valence-electron chi connectivity index (χ2n) is 3.17. The van der Waals surface area contributed by atoms with Crippen molar-refractivity contribution in [2.24, 2.45) is 5.14 Å². The summed E-state index contributed by atoms with van der Waals surface area (Å²) in [4.78, 5) is 0. The first-order valence-electron chi connectivity index (χ1n) is 5.16. The minimum Gasteiger partial charge on any atom is -0.494 e. The van der Waals surface area contributed by atoms with E-state index in [0.717, 1.165) is 0 Å². The lowest BCUT2D eigenvalue weighted by Crippen LogP contribution is -2.22. The van der Waals surface area contributed by atoms with E-state index in [2.05, 4.69) is 4.72 Å². The molecule has 6 nitrogen and oxygen atoms in total. The molecule has 0 spiro atoms. The summed E-state index contributed by atoms with van der Waals surface area (Å²) in [7, 11) is -3.84. The predicted octanol–water partition coefficient (Wildman–Crippen LogP) is 1.10. The van der Waals surface area contributed by atoms with Crippen molar-refractivity contribution in [3.63, 3.8) is 0 Å². The molecule has 0 unspecified atom stereocenters. The first kappa shape index (κ1) is 13.6. The van der Waals surface area contributed by atoms with Gasteiger partial charge in [-0.05, 0) is 26.0 Å². The third kappa shape index (κ3) is 4.49. The number of benzene rings is 1. The number of hydrogen-bond acceptors (Lipinski definition) is 4. The van der Waals surface area contributed by atoms with Gasteiger partial charge >= 0.3 is 0 Å². The van der Waals surface area contributed by atoms with Crippen LogP contribution in [0.25, 0.3) is 0 Å². The molecule has 0 bridgehead atoms. The van der Waals surface area contributed by atoms with Crippen LogP contribution >= 0.6 is 0 Å². The van der Waals surface area contributed by atoms with Crippen LogP contribution in [0.1, 0.15) is 13.8 Å². The van der Waals surface area contributed by atoms with Crippen LogP contribution in [-0.2, 0) is 10.2 Å². The smallest absolute Gasteiger partial charge is 0.296 e. The van der Waals surface area contributed by atoms with E-state index in [-0.39, 0.29) is 5.69 Å². The Hall–Kier alpha value is -1.47. The standard InChI is InChI=1S/C10H16N2O4S/c1-3-15-8-5-6-10(16-4-2)9(7-8)12-17(11,13)14/h5-7,12H,3-4H2,1-2H3,(H2,11,13,14). The SMILES string of the molecule is CCOc1ccc(OCC)c(NS(N)(=O)=O)c1. The van der Waals surface area contributed by atoms with Crippen LogP contribution in [0.3, 0.4) is 0 Å². The molecule has 0 aromatic heterocycles. The molecule has 17 heavy (non-hydrogen) atoms. The Morgan fingerprint density at radius 2 is 1.88 bits per heavy atom. The average Bonchev–Trinajstić information content (AvgIpc) is 2.20. The van der Waals surface area contributed by atoms with E-state index in [0.29, 0.717) is 24.7 Å². The molecule has 0 aliphatic rings. The highest BCUT2D eigenvalue weighted by Crippen LogP contribution is 2.29. The zero-order valence-corrected chi connectivity index (χ0v) is 10.6. The van der Waals surface area contributed by atoms with Crippen LogP contribution in [0.5, 0.6) is 11.5 Å². The predicted molar refractivity (Wildman–Crippen MR) is 65.5 cm³/mol. The number of nitrogens with one attached hydrogen (secondary N) is 1. The lowest BCUT2D eigenvalue weighted by atomic mass is 10.3. The van der Waals surface area contributed by atoms with Gasteiger partial charge in [0.15, 0.2) is 0 Å². The van der Waals surface area contributed by atoms with Crippen molar-refractivity contribution in [3.8, 4) is 11.5 Å². The number of hydrogen-bond donors (Lipinski definition) is 2. The summed E-state index contributed by atoms with van der Waals surface area (Å²) in [6.07, 6.45) is 0. The third-order valence-corrected chi connectivity index (χ3v) is 2.32. The molecule has 0 amide bonds. The lowest BCUT2D eigenvalue weighted by Gasteiger charge is -2.12. The molecule has 0 atom stereocenters. The fourth-order valence-corrected chi connectivity index (χ4v) is 1.75. The molecule has 0 saturated heterocycles. The van der Waals surface area contributed by atoms with Gasteiger partial charge in [0.05, 0.1) is 18.9 Å². The molecule has 0 fully saturated rings. The van der Waals surface area contributed by atoms with E-state index >= 15 is 0 Å². The van der Waals surface area contributed by atoms with Crippen molar-refractivity contribution >= 4 is 15.9 Å². The molecule has 0 heterocycles. The van der Waals surface area contributed by atoms with Gasteiger partial charge in [0.2, 0.25) is 0 Å². The van der Waals surface area contributed by atoms with Crippen LogP contribution in [0, 0.1) is 0 Å². The number of nitrogens with two attached hydrogens (primary N) is 1. The maximum Gasteiger partial charge on any atom is 0.296 e. The van der Waals surface area contributed by atoms with E-state index in [1.807, 2.05) is 6.92 Å². The van der Waals surface area contributed by atoms with Gasteiger partial charge in [-0.3, -0.25) is 4.72 Å². The van der Waals surface area contributed by atoms with Gasteiger partial charge in [-0.1, -0.05) is 0 Å². The van der Waals surface area contributed by atoms with Crippen molar-refractivity contribution in [3.05, 3.63) is 18.2 Å². The van der Waals surface area contributed by atoms with Crippen molar-refractivity contribution in [1.82, 2.24) is 0 Å². The van der Waals surface area contributed by atoms with E-state index in [4.69, 9.17) is 14.6 Å². The maximum atomic E-state index is 11.0. The minimum atomic E-state index is -3.84. The van der Waals surface area contributed by atoms with Crippen molar-refractivity contribution in [2.75, 3.05) is 17.9 Å². The normalized spacial score (nSPS) is 11.0. The summed E-state index contributed by atoms with van der Waals surface area (Å²) in [6.45, 7) is 4.55. The summed E-state index contributed by atoms with van der Waals surface area (Å²) in [5, 5.41) is 4.92. The Labute approximate surface area is 101 Å². The molecule has 0 radical (unpaired) electrons. The summed E-state index contributed by atoms with van der Waals surface area (Å²) in [5.74, 6) is 0.951. The van der Waals surface area contributed by atoms with Gasteiger partial charge in [-0.25, -0.2) is 5.14 Å². The fraction of sp³-hybridized carbons (Fsp3) is 0.400. The first-order valence-corrected chi connectivity index (χ1v) is 6.71. The van der Waals surface area contributed by atoms with Crippen molar-refractivity contribution in [1.29, 1.82) is 0 Å². The summed E-state index contributed by atoms with van der Waals surface area (Å²) >= 11 is 0. The monoisotopic (exact) mass is 260 g/mol. The Kier molecular flexibility index (Phi) is 4.59. The molecule has 0 aliphatic heterocycles. The van der Waals surface area contributed by atoms with Crippen molar-refractivity contribution in [2.45, 2.75) is 13.8 Å². The van der Waals surface area contributed by atoms with Gasteiger partial charge in [0.1, 0.15) is 11.5 Å². The lowest BCUT2D eigenvalue weighted by molar-refractivity contribution is 0.332. The van der Waals surface area contributed by atoms with Gasteiger partial charge in [0.25, 0.3) is 10.2 Å². The number of anilines is 1. The molecule has 1 rings (SSSR count). The minimum absolute atomic E-state index is 0.264. The van der Waals surface area contributed by atoms with E-state index in [1.54, 1.807) is 19.1 Å². The number of rotatable bonds is 6. The van der Waals surface area contributed by atoms with E-state index in [9.17, 15) is 8.42 Å². The fourth-order valence-electron chi connectivity index (χ4n) is 1.28. The maximum absolute atomic E-state index is 11.0. The Morgan fingerprint density at radius 3 is 2.41 bits per heavy atom. The highest BCUT2D eigenvalue weighted by Gasteiger charge is 2.10. The van der Waals surface area contributed by atoms with Gasteiger partial charge < -0.3 is 9.47 Å². The first-order chi connectivity index (χ1) is 7.96.